The van der Waals surface area contributed by atoms with E-state index < -0.39 is 11.9 Å². The maximum atomic E-state index is 11.0. The van der Waals surface area contributed by atoms with Crippen LogP contribution in [0.4, 0.5) is 0 Å². The van der Waals surface area contributed by atoms with Gasteiger partial charge in [0.15, 0.2) is 0 Å². The maximum Gasteiger partial charge on any atom is 0.239 e. The number of carbonyl (C=O) groups is 1. The highest BCUT2D eigenvalue weighted by Crippen LogP contribution is 2.21. The zero-order chi connectivity index (χ0) is 10.8. The summed E-state index contributed by atoms with van der Waals surface area (Å²) in [5.74, 6) is -0.548. The van der Waals surface area contributed by atoms with Gasteiger partial charge in [0.25, 0.3) is 0 Å². The normalized spacial score (nSPS) is 12.6. The molecule has 0 saturated carbocycles. The van der Waals surface area contributed by atoms with Crippen molar-refractivity contribution in [2.24, 2.45) is 11.5 Å². The van der Waals surface area contributed by atoms with Gasteiger partial charge in [-0.1, -0.05) is 24.3 Å². The predicted octanol–water partition coefficient (Wildman–Crippen LogP) is 0.720. The molecule has 4 nitrogen and oxygen atoms in total. The quantitative estimate of drug-likeness (QED) is 0.751. The highest BCUT2D eigenvalue weighted by atomic mass is 16.1. The van der Waals surface area contributed by atoms with Gasteiger partial charge in [0.2, 0.25) is 5.91 Å². The summed E-state index contributed by atoms with van der Waals surface area (Å²) in [6.45, 7) is 0. The van der Waals surface area contributed by atoms with Crippen LogP contribution in [0.5, 0.6) is 0 Å². The number of nitrogens with two attached hydrogens (primary N) is 2. The fourth-order valence-corrected chi connectivity index (χ4v) is 1.54. The number of amides is 1. The Balaban J connectivity index is 2.65. The largest absolute Gasteiger partial charge is 0.368 e. The first-order valence-electron chi connectivity index (χ1n) is 4.57. The van der Waals surface area contributed by atoms with E-state index in [1.54, 1.807) is 12.4 Å². The Hall–Kier alpha value is -1.94. The van der Waals surface area contributed by atoms with Crippen LogP contribution in [0, 0.1) is 0 Å². The summed E-state index contributed by atoms with van der Waals surface area (Å²) < 4.78 is 0. The van der Waals surface area contributed by atoms with Gasteiger partial charge in [-0.25, -0.2) is 0 Å². The molecule has 4 N–H and O–H groups in total. The average molecular weight is 201 g/mol. The number of nitrogens with zero attached hydrogens (tertiary/aromatic N) is 1. The molecule has 0 aliphatic heterocycles. The summed E-state index contributed by atoms with van der Waals surface area (Å²) in [6, 6.07) is 6.81. The van der Waals surface area contributed by atoms with Crippen molar-refractivity contribution in [3.63, 3.8) is 0 Å². The number of primary amides is 1. The molecule has 1 aromatic carbocycles. The fraction of sp³-hybridized carbons (Fsp3) is 0.0909. The van der Waals surface area contributed by atoms with E-state index >= 15 is 0 Å². The van der Waals surface area contributed by atoms with Crippen LogP contribution in [0.25, 0.3) is 10.8 Å². The van der Waals surface area contributed by atoms with E-state index in [4.69, 9.17) is 11.5 Å². The summed E-state index contributed by atoms with van der Waals surface area (Å²) in [5, 5.41) is 1.87. The molecule has 1 unspecified atom stereocenters. The van der Waals surface area contributed by atoms with Crippen LogP contribution in [0.2, 0.25) is 0 Å². The van der Waals surface area contributed by atoms with E-state index in [0.717, 1.165) is 10.8 Å². The summed E-state index contributed by atoms with van der Waals surface area (Å²) in [7, 11) is 0. The van der Waals surface area contributed by atoms with Crippen molar-refractivity contribution < 1.29 is 4.79 Å². The molecule has 0 bridgehead atoms. The lowest BCUT2D eigenvalue weighted by molar-refractivity contribution is -0.119. The first-order chi connectivity index (χ1) is 7.20. The molecule has 4 heteroatoms. The van der Waals surface area contributed by atoms with Gasteiger partial charge in [-0.2, -0.15) is 0 Å². The number of rotatable bonds is 2. The van der Waals surface area contributed by atoms with Gasteiger partial charge in [0.1, 0.15) is 6.04 Å². The molecule has 1 heterocycles. The number of pyridine rings is 1. The minimum absolute atomic E-state index is 0.548. The SMILES string of the molecule is NC(=O)C(N)c1cncc2ccccc12. The molecule has 2 rings (SSSR count). The molecular weight excluding hydrogens is 190 g/mol. The van der Waals surface area contributed by atoms with E-state index in [9.17, 15) is 4.79 Å². The van der Waals surface area contributed by atoms with Crippen molar-refractivity contribution in [2.45, 2.75) is 6.04 Å². The van der Waals surface area contributed by atoms with Gasteiger partial charge in [0, 0.05) is 23.3 Å². The highest BCUT2D eigenvalue weighted by molar-refractivity contribution is 5.91. The number of hydrogen-bond donors (Lipinski definition) is 2. The third kappa shape index (κ3) is 1.67. The summed E-state index contributed by atoms with van der Waals surface area (Å²) >= 11 is 0. The van der Waals surface area contributed by atoms with Crippen molar-refractivity contribution in [3.05, 3.63) is 42.2 Å². The topological polar surface area (TPSA) is 82.0 Å². The van der Waals surface area contributed by atoms with Gasteiger partial charge in [-0.15, -0.1) is 0 Å². The zero-order valence-electron chi connectivity index (χ0n) is 8.05. The van der Waals surface area contributed by atoms with E-state index in [1.807, 2.05) is 24.3 Å². The van der Waals surface area contributed by atoms with Crippen molar-refractivity contribution in [3.8, 4) is 0 Å². The van der Waals surface area contributed by atoms with Crippen LogP contribution in [0.3, 0.4) is 0 Å². The predicted molar refractivity (Wildman–Crippen MR) is 57.9 cm³/mol. The maximum absolute atomic E-state index is 11.0. The molecule has 1 atom stereocenters. The van der Waals surface area contributed by atoms with E-state index in [1.165, 1.54) is 0 Å². The lowest BCUT2D eigenvalue weighted by atomic mass is 10.0. The minimum Gasteiger partial charge on any atom is -0.368 e. The Morgan fingerprint density at radius 1 is 1.27 bits per heavy atom. The van der Waals surface area contributed by atoms with Gasteiger partial charge in [-0.3, -0.25) is 9.78 Å². The Morgan fingerprint density at radius 3 is 2.73 bits per heavy atom. The molecule has 2 aromatic rings. The zero-order valence-corrected chi connectivity index (χ0v) is 8.05. The van der Waals surface area contributed by atoms with Crippen LogP contribution < -0.4 is 11.5 Å². The van der Waals surface area contributed by atoms with Crippen molar-refractivity contribution in [1.29, 1.82) is 0 Å². The molecule has 15 heavy (non-hydrogen) atoms. The Morgan fingerprint density at radius 2 is 2.00 bits per heavy atom. The molecule has 76 valence electrons. The van der Waals surface area contributed by atoms with Gasteiger partial charge >= 0.3 is 0 Å². The van der Waals surface area contributed by atoms with Crippen LogP contribution >= 0.6 is 0 Å². The third-order valence-corrected chi connectivity index (χ3v) is 2.34. The molecule has 0 radical (unpaired) electrons. The monoisotopic (exact) mass is 201 g/mol. The smallest absolute Gasteiger partial charge is 0.239 e. The van der Waals surface area contributed by atoms with Crippen LogP contribution in [0.1, 0.15) is 11.6 Å². The Kier molecular flexibility index (Phi) is 2.35. The summed E-state index contributed by atoms with van der Waals surface area (Å²) in [5.41, 5.74) is 11.5. The molecule has 0 aliphatic carbocycles. The lowest BCUT2D eigenvalue weighted by Gasteiger charge is -2.10. The summed E-state index contributed by atoms with van der Waals surface area (Å²) in [4.78, 5) is 15.0. The number of aromatic nitrogens is 1. The first-order valence-corrected chi connectivity index (χ1v) is 4.57. The van der Waals surface area contributed by atoms with Crippen molar-refractivity contribution in [2.75, 3.05) is 0 Å². The third-order valence-electron chi connectivity index (χ3n) is 2.34. The summed E-state index contributed by atoms with van der Waals surface area (Å²) in [6.07, 6.45) is 3.31. The van der Waals surface area contributed by atoms with E-state index in [-0.39, 0.29) is 0 Å². The van der Waals surface area contributed by atoms with Crippen LogP contribution in [-0.4, -0.2) is 10.9 Å². The number of benzene rings is 1. The number of hydrogen-bond acceptors (Lipinski definition) is 3. The number of carbonyl (C=O) groups excluding carboxylic acids is 1. The standard InChI is InChI=1S/C11H11N3O/c12-10(11(13)15)9-6-14-5-7-3-1-2-4-8(7)9/h1-6,10H,12H2,(H2,13,15). The van der Waals surface area contributed by atoms with Crippen molar-refractivity contribution in [1.82, 2.24) is 4.98 Å². The lowest BCUT2D eigenvalue weighted by Crippen LogP contribution is -2.28. The first kappa shape index (κ1) is 9.61. The second-order valence-electron chi connectivity index (χ2n) is 3.33. The highest BCUT2D eigenvalue weighted by Gasteiger charge is 2.14. The molecule has 1 amide bonds. The fourth-order valence-electron chi connectivity index (χ4n) is 1.54. The Labute approximate surface area is 86.9 Å². The number of fused-ring (bicyclic) bond motifs is 1. The molecule has 1 aromatic heterocycles. The molecule has 0 saturated heterocycles. The minimum atomic E-state index is -0.802. The van der Waals surface area contributed by atoms with Crippen LogP contribution in [-0.2, 0) is 4.79 Å². The van der Waals surface area contributed by atoms with Gasteiger partial charge in [-0.05, 0) is 5.39 Å². The van der Waals surface area contributed by atoms with Crippen LogP contribution in [0.15, 0.2) is 36.7 Å². The van der Waals surface area contributed by atoms with Gasteiger partial charge in [0.05, 0.1) is 0 Å². The second kappa shape index (κ2) is 3.67. The van der Waals surface area contributed by atoms with Crippen molar-refractivity contribution >= 4 is 16.7 Å². The van der Waals surface area contributed by atoms with E-state index in [2.05, 4.69) is 4.98 Å². The molecular formula is C11H11N3O. The molecule has 0 fully saturated rings. The second-order valence-corrected chi connectivity index (χ2v) is 3.33. The molecule has 0 aliphatic rings. The van der Waals surface area contributed by atoms with E-state index in [0.29, 0.717) is 5.56 Å². The Bertz CT molecular complexity index is 505. The average Bonchev–Trinajstić information content (AvgIpc) is 2.27. The molecule has 0 spiro atoms. The van der Waals surface area contributed by atoms with Gasteiger partial charge < -0.3 is 11.5 Å².